The van der Waals surface area contributed by atoms with E-state index in [0.717, 1.165) is 27.6 Å². The van der Waals surface area contributed by atoms with Crippen molar-refractivity contribution in [2.45, 2.75) is 19.4 Å². The molecule has 1 aliphatic heterocycles. The number of nitrogens with one attached hydrogen (secondary N) is 1. The van der Waals surface area contributed by atoms with E-state index >= 15 is 0 Å². The van der Waals surface area contributed by atoms with Gasteiger partial charge in [0.1, 0.15) is 11.8 Å². The van der Waals surface area contributed by atoms with E-state index in [0.29, 0.717) is 28.3 Å². The lowest BCUT2D eigenvalue weighted by molar-refractivity contribution is 0.0698. The van der Waals surface area contributed by atoms with Crippen LogP contribution in [0.5, 0.6) is 0 Å². The number of aromatic nitrogens is 1. The zero-order valence-corrected chi connectivity index (χ0v) is 19.7. The highest BCUT2D eigenvalue weighted by molar-refractivity contribution is 7.12. The summed E-state index contributed by atoms with van der Waals surface area (Å²) < 4.78 is 5.68. The van der Waals surface area contributed by atoms with Gasteiger partial charge in [-0.1, -0.05) is 48.5 Å². The average molecular weight is 480 g/mol. The van der Waals surface area contributed by atoms with Gasteiger partial charge in [0.25, 0.3) is 11.5 Å². The predicted molar refractivity (Wildman–Crippen MR) is 138 cm³/mol. The highest BCUT2D eigenvalue weighted by atomic mass is 32.1. The second-order valence-corrected chi connectivity index (χ2v) is 9.48. The van der Waals surface area contributed by atoms with Crippen LogP contribution in [0.4, 0.5) is 0 Å². The number of H-pyrrole nitrogens is 1. The number of pyridine rings is 1. The first-order chi connectivity index (χ1) is 17.1. The molecule has 0 fully saturated rings. The van der Waals surface area contributed by atoms with Crippen molar-refractivity contribution in [2.24, 2.45) is 5.10 Å². The molecule has 35 heavy (non-hydrogen) atoms. The first-order valence-electron chi connectivity index (χ1n) is 11.3. The fourth-order valence-corrected chi connectivity index (χ4v) is 5.31. The molecule has 0 spiro atoms. The number of furan rings is 1. The molecule has 1 atom stereocenters. The molecule has 5 aromatic rings. The van der Waals surface area contributed by atoms with Crippen molar-refractivity contribution in [1.29, 1.82) is 0 Å². The summed E-state index contributed by atoms with van der Waals surface area (Å²) in [6, 6.07) is 22.7. The van der Waals surface area contributed by atoms with E-state index in [1.54, 1.807) is 18.4 Å². The van der Waals surface area contributed by atoms with Crippen LogP contribution in [0.25, 0.3) is 22.0 Å². The van der Waals surface area contributed by atoms with Crippen LogP contribution in [0.3, 0.4) is 0 Å². The maximum atomic E-state index is 13.6. The van der Waals surface area contributed by atoms with E-state index in [9.17, 15) is 9.59 Å². The van der Waals surface area contributed by atoms with E-state index in [4.69, 9.17) is 9.52 Å². The van der Waals surface area contributed by atoms with Gasteiger partial charge in [-0.3, -0.25) is 9.59 Å². The Bertz CT molecular complexity index is 1620. The van der Waals surface area contributed by atoms with Crippen molar-refractivity contribution >= 4 is 33.9 Å². The Balaban J connectivity index is 1.57. The molecule has 1 N–H and O–H groups in total. The van der Waals surface area contributed by atoms with Gasteiger partial charge in [-0.25, -0.2) is 5.01 Å². The Labute approximate surface area is 205 Å². The molecule has 1 aliphatic rings. The summed E-state index contributed by atoms with van der Waals surface area (Å²) in [5, 5.41) is 8.99. The third-order valence-corrected chi connectivity index (χ3v) is 7.10. The SMILES string of the molecule is Cc1ccc2c(-c3ccccc3)c(C3=NN(C(=O)c4cccs4)C(c4ccco4)C3)c(=O)[nH]c2c1. The minimum absolute atomic E-state index is 0.217. The second-order valence-electron chi connectivity index (χ2n) is 8.53. The Kier molecular flexibility index (Phi) is 5.19. The largest absolute Gasteiger partial charge is 0.467 e. The maximum absolute atomic E-state index is 13.6. The number of benzene rings is 2. The molecule has 0 saturated carbocycles. The summed E-state index contributed by atoms with van der Waals surface area (Å²) >= 11 is 1.36. The van der Waals surface area contributed by atoms with Crippen LogP contribution >= 0.6 is 11.3 Å². The number of carbonyl (C=O) groups is 1. The molecule has 4 heterocycles. The molecule has 0 radical (unpaired) electrons. The number of thiophene rings is 1. The Hall–Kier alpha value is -4.23. The number of rotatable bonds is 4. The summed E-state index contributed by atoms with van der Waals surface area (Å²) in [7, 11) is 0. The predicted octanol–water partition coefficient (Wildman–Crippen LogP) is 6.15. The topological polar surface area (TPSA) is 78.7 Å². The number of aryl methyl sites for hydroxylation is 1. The van der Waals surface area contributed by atoms with Crippen LogP contribution < -0.4 is 5.56 Å². The third-order valence-electron chi connectivity index (χ3n) is 6.24. The average Bonchev–Trinajstić information content (AvgIpc) is 3.65. The van der Waals surface area contributed by atoms with Crippen LogP contribution in [0.15, 0.2) is 98.8 Å². The lowest BCUT2D eigenvalue weighted by Gasteiger charge is -2.19. The number of hydrazone groups is 1. The molecular formula is C28H21N3O3S. The first-order valence-corrected chi connectivity index (χ1v) is 12.2. The molecular weight excluding hydrogens is 458 g/mol. The number of hydrogen-bond acceptors (Lipinski definition) is 5. The summed E-state index contributed by atoms with van der Waals surface area (Å²) in [5.74, 6) is 0.410. The van der Waals surface area contributed by atoms with Crippen molar-refractivity contribution in [2.75, 3.05) is 0 Å². The minimum Gasteiger partial charge on any atom is -0.467 e. The van der Waals surface area contributed by atoms with Crippen LogP contribution in [0, 0.1) is 6.92 Å². The van der Waals surface area contributed by atoms with Gasteiger partial charge < -0.3 is 9.40 Å². The van der Waals surface area contributed by atoms with E-state index in [-0.39, 0.29) is 11.5 Å². The summed E-state index contributed by atoms with van der Waals surface area (Å²) in [4.78, 5) is 30.6. The van der Waals surface area contributed by atoms with Crippen molar-refractivity contribution in [3.63, 3.8) is 0 Å². The van der Waals surface area contributed by atoms with E-state index in [2.05, 4.69) is 4.98 Å². The molecule has 0 bridgehead atoms. The summed E-state index contributed by atoms with van der Waals surface area (Å²) in [5.41, 5.74) is 4.36. The van der Waals surface area contributed by atoms with Crippen LogP contribution in [-0.2, 0) is 0 Å². The Morgan fingerprint density at radius 1 is 1.06 bits per heavy atom. The lowest BCUT2D eigenvalue weighted by atomic mass is 9.91. The van der Waals surface area contributed by atoms with Gasteiger partial charge in [-0.15, -0.1) is 11.3 Å². The van der Waals surface area contributed by atoms with Crippen molar-refractivity contribution in [1.82, 2.24) is 9.99 Å². The molecule has 2 aromatic carbocycles. The molecule has 6 rings (SSSR count). The summed E-state index contributed by atoms with van der Waals surface area (Å²) in [6.07, 6.45) is 1.95. The number of nitrogens with zero attached hydrogens (tertiary/aromatic N) is 2. The second kappa shape index (κ2) is 8.52. The zero-order valence-electron chi connectivity index (χ0n) is 18.9. The zero-order chi connectivity index (χ0) is 23.9. The number of aromatic amines is 1. The smallest absolute Gasteiger partial charge is 0.284 e. The number of carbonyl (C=O) groups excluding carboxylic acids is 1. The fourth-order valence-electron chi connectivity index (χ4n) is 4.66. The molecule has 0 saturated heterocycles. The van der Waals surface area contributed by atoms with Crippen LogP contribution in [0.2, 0.25) is 0 Å². The molecule has 1 unspecified atom stereocenters. The summed E-state index contributed by atoms with van der Waals surface area (Å²) in [6.45, 7) is 2.00. The van der Waals surface area contributed by atoms with Gasteiger partial charge in [0.05, 0.1) is 22.4 Å². The first kappa shape index (κ1) is 21.3. The van der Waals surface area contributed by atoms with Gasteiger partial charge >= 0.3 is 0 Å². The maximum Gasteiger partial charge on any atom is 0.284 e. The molecule has 3 aromatic heterocycles. The van der Waals surface area contributed by atoms with E-state index < -0.39 is 6.04 Å². The highest BCUT2D eigenvalue weighted by Crippen LogP contribution is 2.38. The van der Waals surface area contributed by atoms with Crippen molar-refractivity contribution in [3.8, 4) is 11.1 Å². The van der Waals surface area contributed by atoms with Gasteiger partial charge in [0.2, 0.25) is 0 Å². The van der Waals surface area contributed by atoms with Gasteiger partial charge in [-0.05, 0) is 47.7 Å². The molecule has 7 heteroatoms. The van der Waals surface area contributed by atoms with E-state index in [1.165, 1.54) is 16.3 Å². The van der Waals surface area contributed by atoms with Gasteiger partial charge in [0.15, 0.2) is 0 Å². The Morgan fingerprint density at radius 2 is 1.91 bits per heavy atom. The monoisotopic (exact) mass is 479 g/mol. The third kappa shape index (κ3) is 3.70. The lowest BCUT2D eigenvalue weighted by Crippen LogP contribution is -2.26. The normalized spacial score (nSPS) is 15.5. The molecule has 6 nitrogen and oxygen atoms in total. The minimum atomic E-state index is -0.439. The van der Waals surface area contributed by atoms with Gasteiger partial charge in [-0.2, -0.15) is 5.10 Å². The van der Waals surface area contributed by atoms with Crippen molar-refractivity contribution in [3.05, 3.63) is 117 Å². The molecule has 172 valence electrons. The van der Waals surface area contributed by atoms with Gasteiger partial charge in [0, 0.05) is 22.9 Å². The van der Waals surface area contributed by atoms with Crippen LogP contribution in [-0.4, -0.2) is 21.6 Å². The van der Waals surface area contributed by atoms with E-state index in [1.807, 2.05) is 73.0 Å². The number of amides is 1. The van der Waals surface area contributed by atoms with Crippen molar-refractivity contribution < 1.29 is 9.21 Å². The standard InChI is InChI=1S/C28H21N3O3S/c1-17-11-12-19-20(15-17)29-27(32)26(25(19)18-7-3-2-4-8-18)21-16-22(23-9-5-13-34-23)31(30-21)28(33)24-10-6-14-35-24/h2-15,22H,16H2,1H3,(H,29,32). The quantitative estimate of drug-likeness (QED) is 0.336. The Morgan fingerprint density at radius 3 is 2.66 bits per heavy atom. The van der Waals surface area contributed by atoms with Crippen LogP contribution in [0.1, 0.15) is 39.0 Å². The number of hydrogen-bond donors (Lipinski definition) is 1. The highest BCUT2D eigenvalue weighted by Gasteiger charge is 2.37. The molecule has 0 aliphatic carbocycles. The molecule has 1 amide bonds. The number of fused-ring (bicyclic) bond motifs is 1. The fraction of sp³-hybridized carbons (Fsp3) is 0.107.